The van der Waals surface area contributed by atoms with Gasteiger partial charge in [-0.15, -0.1) is 0 Å². The summed E-state index contributed by atoms with van der Waals surface area (Å²) in [4.78, 5) is 19.5. The molecule has 0 unspecified atom stereocenters. The van der Waals surface area contributed by atoms with Crippen molar-refractivity contribution in [1.29, 1.82) is 0 Å². The number of amides is 1. The molecule has 1 rings (SSSR count). The maximum atomic E-state index is 11.4. The standard InChI is InChI=1S/C11H18N4O3/c1-3-18-10-4-5-13-11(15-10)14-8-9(16)12-6-7-17-2/h4-5H,3,6-8H2,1-2H3,(H,12,16)(H,13,14,15). The van der Waals surface area contributed by atoms with E-state index in [2.05, 4.69) is 20.6 Å². The Morgan fingerprint density at radius 3 is 3.06 bits per heavy atom. The fourth-order valence-corrected chi connectivity index (χ4v) is 1.17. The van der Waals surface area contributed by atoms with Crippen LogP contribution in [0.3, 0.4) is 0 Å². The molecular formula is C11H18N4O3. The first-order valence-electron chi connectivity index (χ1n) is 5.71. The van der Waals surface area contributed by atoms with Crippen LogP contribution in [0, 0.1) is 0 Å². The van der Waals surface area contributed by atoms with E-state index in [1.54, 1.807) is 19.4 Å². The number of hydrogen-bond donors (Lipinski definition) is 2. The van der Waals surface area contributed by atoms with Crippen molar-refractivity contribution >= 4 is 11.9 Å². The van der Waals surface area contributed by atoms with Gasteiger partial charge in [0.15, 0.2) is 0 Å². The molecule has 0 radical (unpaired) electrons. The summed E-state index contributed by atoms with van der Waals surface area (Å²) in [5.74, 6) is 0.704. The molecule has 1 amide bonds. The van der Waals surface area contributed by atoms with Gasteiger partial charge in [0, 0.05) is 25.9 Å². The molecule has 1 aromatic heterocycles. The zero-order valence-electron chi connectivity index (χ0n) is 10.6. The minimum atomic E-state index is -0.141. The van der Waals surface area contributed by atoms with Crippen molar-refractivity contribution in [2.45, 2.75) is 6.92 Å². The van der Waals surface area contributed by atoms with Crippen molar-refractivity contribution in [3.63, 3.8) is 0 Å². The summed E-state index contributed by atoms with van der Waals surface area (Å²) < 4.78 is 10.0. The molecule has 0 atom stereocenters. The minimum absolute atomic E-state index is 0.110. The second-order valence-corrected chi connectivity index (χ2v) is 3.35. The van der Waals surface area contributed by atoms with Crippen molar-refractivity contribution in [3.8, 4) is 5.88 Å². The smallest absolute Gasteiger partial charge is 0.239 e. The Bertz CT molecular complexity index is 373. The second-order valence-electron chi connectivity index (χ2n) is 3.35. The first-order chi connectivity index (χ1) is 8.76. The molecule has 0 saturated carbocycles. The van der Waals surface area contributed by atoms with Crippen LogP contribution in [0.25, 0.3) is 0 Å². The zero-order chi connectivity index (χ0) is 13.2. The van der Waals surface area contributed by atoms with E-state index in [1.807, 2.05) is 6.92 Å². The number of rotatable bonds is 8. The average Bonchev–Trinajstić information content (AvgIpc) is 2.38. The van der Waals surface area contributed by atoms with E-state index in [0.29, 0.717) is 31.6 Å². The molecule has 0 aliphatic carbocycles. The largest absolute Gasteiger partial charge is 0.478 e. The van der Waals surface area contributed by atoms with E-state index in [1.165, 1.54) is 0 Å². The van der Waals surface area contributed by atoms with Crippen LogP contribution in [0.5, 0.6) is 5.88 Å². The van der Waals surface area contributed by atoms with E-state index in [4.69, 9.17) is 9.47 Å². The highest BCUT2D eigenvalue weighted by Crippen LogP contribution is 2.07. The summed E-state index contributed by atoms with van der Waals surface area (Å²) in [6, 6.07) is 1.66. The third-order valence-corrected chi connectivity index (χ3v) is 1.96. The van der Waals surface area contributed by atoms with Crippen LogP contribution >= 0.6 is 0 Å². The van der Waals surface area contributed by atoms with Gasteiger partial charge in [0.05, 0.1) is 19.8 Å². The Balaban J connectivity index is 2.33. The normalized spacial score (nSPS) is 9.89. The molecule has 18 heavy (non-hydrogen) atoms. The maximum absolute atomic E-state index is 11.4. The molecule has 0 fully saturated rings. The van der Waals surface area contributed by atoms with E-state index < -0.39 is 0 Å². The molecule has 0 spiro atoms. The van der Waals surface area contributed by atoms with Crippen LogP contribution < -0.4 is 15.4 Å². The lowest BCUT2D eigenvalue weighted by atomic mass is 10.5. The number of hydrogen-bond acceptors (Lipinski definition) is 6. The molecule has 1 heterocycles. The van der Waals surface area contributed by atoms with E-state index in [9.17, 15) is 4.79 Å². The highest BCUT2D eigenvalue weighted by atomic mass is 16.5. The van der Waals surface area contributed by atoms with Gasteiger partial charge in [0.25, 0.3) is 0 Å². The first-order valence-corrected chi connectivity index (χ1v) is 5.71. The number of nitrogens with one attached hydrogen (secondary N) is 2. The summed E-state index contributed by atoms with van der Waals surface area (Å²) >= 11 is 0. The van der Waals surface area contributed by atoms with Gasteiger partial charge in [0.1, 0.15) is 0 Å². The molecule has 7 nitrogen and oxygen atoms in total. The quantitative estimate of drug-likeness (QED) is 0.638. The monoisotopic (exact) mass is 254 g/mol. The Labute approximate surface area is 106 Å². The van der Waals surface area contributed by atoms with Crippen LogP contribution in [0.2, 0.25) is 0 Å². The van der Waals surface area contributed by atoms with Crippen LogP contribution in [0.1, 0.15) is 6.92 Å². The number of carbonyl (C=O) groups excluding carboxylic acids is 1. The highest BCUT2D eigenvalue weighted by molar-refractivity contribution is 5.80. The molecule has 100 valence electrons. The molecule has 0 aliphatic rings. The molecule has 0 bridgehead atoms. The van der Waals surface area contributed by atoms with E-state index >= 15 is 0 Å². The molecule has 1 aromatic rings. The van der Waals surface area contributed by atoms with Crippen LogP contribution in [-0.4, -0.2) is 49.3 Å². The van der Waals surface area contributed by atoms with Crippen LogP contribution in [0.4, 0.5) is 5.95 Å². The maximum Gasteiger partial charge on any atom is 0.239 e. The molecule has 0 aliphatic heterocycles. The summed E-state index contributed by atoms with van der Waals surface area (Å²) in [6.45, 7) is 3.49. The summed E-state index contributed by atoms with van der Waals surface area (Å²) in [6.07, 6.45) is 1.57. The summed E-state index contributed by atoms with van der Waals surface area (Å²) in [7, 11) is 1.58. The molecular weight excluding hydrogens is 236 g/mol. The number of anilines is 1. The van der Waals surface area contributed by atoms with Gasteiger partial charge in [-0.05, 0) is 6.92 Å². The summed E-state index contributed by atoms with van der Waals surface area (Å²) in [5.41, 5.74) is 0. The summed E-state index contributed by atoms with van der Waals surface area (Å²) in [5, 5.41) is 5.50. The lowest BCUT2D eigenvalue weighted by Crippen LogP contribution is -2.32. The third-order valence-electron chi connectivity index (χ3n) is 1.96. The topological polar surface area (TPSA) is 85.4 Å². The molecule has 0 saturated heterocycles. The number of ether oxygens (including phenoxy) is 2. The van der Waals surface area contributed by atoms with Crippen molar-refractivity contribution in [3.05, 3.63) is 12.3 Å². The Morgan fingerprint density at radius 2 is 2.33 bits per heavy atom. The zero-order valence-corrected chi connectivity index (χ0v) is 10.6. The SMILES string of the molecule is CCOc1ccnc(NCC(=O)NCCOC)n1. The second kappa shape index (κ2) is 8.24. The van der Waals surface area contributed by atoms with Crippen LogP contribution in [0.15, 0.2) is 12.3 Å². The number of nitrogens with zero attached hydrogens (tertiary/aromatic N) is 2. The molecule has 2 N–H and O–H groups in total. The minimum Gasteiger partial charge on any atom is -0.478 e. The van der Waals surface area contributed by atoms with Crippen molar-refractivity contribution in [2.24, 2.45) is 0 Å². The molecule has 7 heteroatoms. The number of methoxy groups -OCH3 is 1. The number of carbonyl (C=O) groups is 1. The van der Waals surface area contributed by atoms with Gasteiger partial charge in [-0.2, -0.15) is 4.98 Å². The average molecular weight is 254 g/mol. The Hall–Kier alpha value is -1.89. The van der Waals surface area contributed by atoms with Crippen molar-refractivity contribution < 1.29 is 14.3 Å². The predicted molar refractivity (Wildman–Crippen MR) is 66.6 cm³/mol. The van der Waals surface area contributed by atoms with Gasteiger partial charge >= 0.3 is 0 Å². The van der Waals surface area contributed by atoms with Gasteiger partial charge < -0.3 is 20.1 Å². The van der Waals surface area contributed by atoms with E-state index in [0.717, 1.165) is 0 Å². The number of aromatic nitrogens is 2. The van der Waals surface area contributed by atoms with Gasteiger partial charge in [0.2, 0.25) is 17.7 Å². The lowest BCUT2D eigenvalue weighted by Gasteiger charge is -2.07. The van der Waals surface area contributed by atoms with Crippen molar-refractivity contribution in [1.82, 2.24) is 15.3 Å². The lowest BCUT2D eigenvalue weighted by molar-refractivity contribution is -0.119. The van der Waals surface area contributed by atoms with Gasteiger partial charge in [-0.1, -0.05) is 0 Å². The Morgan fingerprint density at radius 1 is 1.50 bits per heavy atom. The van der Waals surface area contributed by atoms with Gasteiger partial charge in [-0.25, -0.2) is 4.98 Å². The fourth-order valence-electron chi connectivity index (χ4n) is 1.17. The Kier molecular flexibility index (Phi) is 6.49. The third kappa shape index (κ3) is 5.44. The van der Waals surface area contributed by atoms with Gasteiger partial charge in [-0.3, -0.25) is 4.79 Å². The predicted octanol–water partition coefficient (Wildman–Crippen LogP) is 0.0498. The van der Waals surface area contributed by atoms with Crippen molar-refractivity contribution in [2.75, 3.05) is 38.7 Å². The van der Waals surface area contributed by atoms with E-state index in [-0.39, 0.29) is 12.5 Å². The van der Waals surface area contributed by atoms with Crippen LogP contribution in [-0.2, 0) is 9.53 Å². The highest BCUT2D eigenvalue weighted by Gasteiger charge is 2.03. The molecule has 0 aromatic carbocycles. The fraction of sp³-hybridized carbons (Fsp3) is 0.545. The first kappa shape index (κ1) is 14.2.